The molecule has 0 atom stereocenters. The maximum atomic E-state index is 11.3. The van der Waals surface area contributed by atoms with Gasteiger partial charge in [-0.25, -0.2) is 0 Å². The van der Waals surface area contributed by atoms with Crippen molar-refractivity contribution in [3.63, 3.8) is 0 Å². The SMILES string of the molecule is CC(=O)N1CCC2(CCN(CCO)C2)CC1. The van der Waals surface area contributed by atoms with Crippen LogP contribution in [-0.2, 0) is 4.79 Å². The number of β-amino-alcohol motifs (C(OH)–C–C–N with tert-alkyl or cyclic N) is 1. The standard InChI is InChI=1S/C12H22N2O2/c1-11(16)14-6-3-12(4-7-14)2-5-13(10-12)8-9-15/h15H,2-10H2,1H3. The summed E-state index contributed by atoms with van der Waals surface area (Å²) in [5, 5.41) is 8.93. The molecule has 0 unspecified atom stereocenters. The third kappa shape index (κ3) is 2.38. The first-order chi connectivity index (χ1) is 7.65. The molecule has 0 aromatic rings. The highest BCUT2D eigenvalue weighted by Crippen LogP contribution is 2.40. The number of aliphatic hydroxyl groups excluding tert-OH is 1. The van der Waals surface area contributed by atoms with E-state index in [1.54, 1.807) is 6.92 Å². The van der Waals surface area contributed by atoms with Crippen molar-refractivity contribution >= 4 is 5.91 Å². The second-order valence-corrected chi connectivity index (χ2v) is 5.26. The highest BCUT2D eigenvalue weighted by molar-refractivity contribution is 5.73. The number of carbonyl (C=O) groups is 1. The molecule has 2 fully saturated rings. The molecular weight excluding hydrogens is 204 g/mol. The summed E-state index contributed by atoms with van der Waals surface area (Å²) in [7, 11) is 0. The van der Waals surface area contributed by atoms with Crippen molar-refractivity contribution in [2.24, 2.45) is 5.41 Å². The summed E-state index contributed by atoms with van der Waals surface area (Å²) >= 11 is 0. The Hall–Kier alpha value is -0.610. The van der Waals surface area contributed by atoms with Crippen molar-refractivity contribution in [1.82, 2.24) is 9.80 Å². The first kappa shape index (κ1) is 11.9. The summed E-state index contributed by atoms with van der Waals surface area (Å²) < 4.78 is 0. The molecule has 1 spiro atoms. The molecule has 0 radical (unpaired) electrons. The fraction of sp³-hybridized carbons (Fsp3) is 0.917. The molecule has 92 valence electrons. The van der Waals surface area contributed by atoms with Crippen LogP contribution >= 0.6 is 0 Å². The van der Waals surface area contributed by atoms with E-state index in [1.165, 1.54) is 6.42 Å². The van der Waals surface area contributed by atoms with Crippen LogP contribution in [0.1, 0.15) is 26.2 Å². The third-order valence-corrected chi connectivity index (χ3v) is 4.20. The average Bonchev–Trinajstić information content (AvgIpc) is 2.63. The number of aliphatic hydroxyl groups is 1. The van der Waals surface area contributed by atoms with Gasteiger partial charge in [0.25, 0.3) is 0 Å². The van der Waals surface area contributed by atoms with Crippen LogP contribution in [0.15, 0.2) is 0 Å². The number of amides is 1. The van der Waals surface area contributed by atoms with Crippen LogP contribution in [0.4, 0.5) is 0 Å². The van der Waals surface area contributed by atoms with E-state index in [2.05, 4.69) is 4.90 Å². The summed E-state index contributed by atoms with van der Waals surface area (Å²) in [4.78, 5) is 15.6. The van der Waals surface area contributed by atoms with Crippen molar-refractivity contribution < 1.29 is 9.90 Å². The predicted octanol–water partition coefficient (Wildman–Crippen LogP) is 0.313. The van der Waals surface area contributed by atoms with Crippen molar-refractivity contribution in [2.45, 2.75) is 26.2 Å². The van der Waals surface area contributed by atoms with Crippen LogP contribution in [0.5, 0.6) is 0 Å². The van der Waals surface area contributed by atoms with Crippen molar-refractivity contribution in [2.75, 3.05) is 39.3 Å². The summed E-state index contributed by atoms with van der Waals surface area (Å²) in [6, 6.07) is 0. The Balaban J connectivity index is 1.86. The van der Waals surface area contributed by atoms with Crippen LogP contribution in [0.3, 0.4) is 0 Å². The number of nitrogens with zero attached hydrogens (tertiary/aromatic N) is 2. The average molecular weight is 226 g/mol. The van der Waals surface area contributed by atoms with E-state index in [4.69, 9.17) is 5.11 Å². The maximum absolute atomic E-state index is 11.3. The number of likely N-dealkylation sites (tertiary alicyclic amines) is 2. The van der Waals surface area contributed by atoms with Gasteiger partial charge in [0.15, 0.2) is 0 Å². The molecule has 2 aliphatic rings. The Kier molecular flexibility index (Phi) is 3.50. The van der Waals surface area contributed by atoms with Crippen LogP contribution < -0.4 is 0 Å². The molecule has 0 aliphatic carbocycles. The second kappa shape index (κ2) is 4.72. The quantitative estimate of drug-likeness (QED) is 0.737. The zero-order valence-corrected chi connectivity index (χ0v) is 10.1. The van der Waals surface area contributed by atoms with Gasteiger partial charge in [0.05, 0.1) is 6.61 Å². The Morgan fingerprint density at radius 1 is 1.25 bits per heavy atom. The summed E-state index contributed by atoms with van der Waals surface area (Å²) in [5.41, 5.74) is 0.432. The highest BCUT2D eigenvalue weighted by Gasteiger charge is 2.40. The summed E-state index contributed by atoms with van der Waals surface area (Å²) in [6.07, 6.45) is 3.50. The van der Waals surface area contributed by atoms with E-state index in [9.17, 15) is 4.79 Å². The number of rotatable bonds is 2. The monoisotopic (exact) mass is 226 g/mol. The molecule has 2 aliphatic heterocycles. The molecule has 2 rings (SSSR count). The molecule has 16 heavy (non-hydrogen) atoms. The van der Waals surface area contributed by atoms with E-state index in [1.807, 2.05) is 4.90 Å². The molecule has 1 N–H and O–H groups in total. The normalized spacial score (nSPS) is 25.2. The van der Waals surface area contributed by atoms with E-state index >= 15 is 0 Å². The Bertz CT molecular complexity index is 260. The smallest absolute Gasteiger partial charge is 0.219 e. The molecule has 0 aromatic carbocycles. The van der Waals surface area contributed by atoms with Gasteiger partial charge in [0.1, 0.15) is 0 Å². The van der Waals surface area contributed by atoms with Crippen LogP contribution in [0, 0.1) is 5.41 Å². The van der Waals surface area contributed by atoms with Gasteiger partial charge in [-0.1, -0.05) is 0 Å². The van der Waals surface area contributed by atoms with E-state index < -0.39 is 0 Å². The van der Waals surface area contributed by atoms with E-state index in [-0.39, 0.29) is 12.5 Å². The Morgan fingerprint density at radius 2 is 1.88 bits per heavy atom. The minimum Gasteiger partial charge on any atom is -0.395 e. The minimum atomic E-state index is 0.208. The van der Waals surface area contributed by atoms with Gasteiger partial charge in [-0.15, -0.1) is 0 Å². The van der Waals surface area contributed by atoms with Gasteiger partial charge < -0.3 is 14.9 Å². The first-order valence-electron chi connectivity index (χ1n) is 6.24. The molecule has 0 bridgehead atoms. The fourth-order valence-electron chi connectivity index (χ4n) is 3.06. The number of hydrogen-bond acceptors (Lipinski definition) is 3. The molecule has 0 saturated carbocycles. The van der Waals surface area contributed by atoms with Gasteiger partial charge in [-0.2, -0.15) is 0 Å². The molecule has 4 nitrogen and oxygen atoms in total. The minimum absolute atomic E-state index is 0.208. The van der Waals surface area contributed by atoms with Gasteiger partial charge in [0, 0.05) is 33.1 Å². The second-order valence-electron chi connectivity index (χ2n) is 5.26. The van der Waals surface area contributed by atoms with Gasteiger partial charge in [-0.05, 0) is 31.2 Å². The lowest BCUT2D eigenvalue weighted by atomic mass is 9.78. The zero-order valence-electron chi connectivity index (χ0n) is 10.1. The van der Waals surface area contributed by atoms with Crippen molar-refractivity contribution in [3.8, 4) is 0 Å². The fourth-order valence-corrected chi connectivity index (χ4v) is 3.06. The lowest BCUT2D eigenvalue weighted by Gasteiger charge is -2.39. The van der Waals surface area contributed by atoms with Gasteiger partial charge in [-0.3, -0.25) is 4.79 Å². The van der Waals surface area contributed by atoms with Crippen LogP contribution in [-0.4, -0.2) is 60.1 Å². The maximum Gasteiger partial charge on any atom is 0.219 e. The van der Waals surface area contributed by atoms with Crippen molar-refractivity contribution in [3.05, 3.63) is 0 Å². The number of carbonyl (C=O) groups excluding carboxylic acids is 1. The van der Waals surface area contributed by atoms with Crippen LogP contribution in [0.25, 0.3) is 0 Å². The van der Waals surface area contributed by atoms with E-state index in [0.29, 0.717) is 5.41 Å². The number of piperidine rings is 1. The third-order valence-electron chi connectivity index (χ3n) is 4.20. The molecule has 2 saturated heterocycles. The van der Waals surface area contributed by atoms with E-state index in [0.717, 1.165) is 45.6 Å². The highest BCUT2D eigenvalue weighted by atomic mass is 16.3. The molecule has 0 aromatic heterocycles. The van der Waals surface area contributed by atoms with Gasteiger partial charge >= 0.3 is 0 Å². The Morgan fingerprint density at radius 3 is 2.44 bits per heavy atom. The van der Waals surface area contributed by atoms with Crippen molar-refractivity contribution in [1.29, 1.82) is 0 Å². The topological polar surface area (TPSA) is 43.8 Å². The first-order valence-corrected chi connectivity index (χ1v) is 6.24. The lowest BCUT2D eigenvalue weighted by Crippen LogP contribution is -2.43. The van der Waals surface area contributed by atoms with Crippen LogP contribution in [0.2, 0.25) is 0 Å². The zero-order chi connectivity index (χ0) is 11.6. The molecule has 1 amide bonds. The molecule has 2 heterocycles. The lowest BCUT2D eigenvalue weighted by molar-refractivity contribution is -0.131. The predicted molar refractivity (Wildman–Crippen MR) is 62.1 cm³/mol. The molecule has 4 heteroatoms. The Labute approximate surface area is 97.2 Å². The largest absolute Gasteiger partial charge is 0.395 e. The number of hydrogen-bond donors (Lipinski definition) is 1. The molecular formula is C12H22N2O2. The summed E-state index contributed by atoms with van der Waals surface area (Å²) in [6.45, 7) is 6.78. The summed E-state index contributed by atoms with van der Waals surface area (Å²) in [5.74, 6) is 0.208. The van der Waals surface area contributed by atoms with Gasteiger partial charge in [0.2, 0.25) is 5.91 Å².